The summed E-state index contributed by atoms with van der Waals surface area (Å²) in [5.41, 5.74) is 13.5. The number of aryl methyl sites for hydroxylation is 1. The summed E-state index contributed by atoms with van der Waals surface area (Å²) in [6, 6.07) is 16.1. The number of allylic oxidation sites excluding steroid dienone is 1. The Morgan fingerprint density at radius 1 is 1.23 bits per heavy atom. The van der Waals surface area contributed by atoms with Gasteiger partial charge in [-0.3, -0.25) is 4.68 Å². The number of aromatic nitrogens is 2. The normalized spacial score (nSPS) is 17.7. The van der Waals surface area contributed by atoms with Crippen LogP contribution in [0, 0.1) is 11.3 Å². The Balaban J connectivity index is 1.83. The molecule has 0 spiro atoms. The highest BCUT2D eigenvalue weighted by molar-refractivity contribution is 5.75. The number of benzene rings is 2. The molecule has 7 heteroatoms. The minimum atomic E-state index is 0.00784. The van der Waals surface area contributed by atoms with Gasteiger partial charge in [-0.15, -0.1) is 0 Å². The van der Waals surface area contributed by atoms with Crippen molar-refractivity contribution in [2.75, 3.05) is 11.9 Å². The fourth-order valence-corrected chi connectivity index (χ4v) is 3.98. The van der Waals surface area contributed by atoms with Crippen LogP contribution in [0.1, 0.15) is 36.1 Å². The lowest BCUT2D eigenvalue weighted by Crippen LogP contribution is -2.31. The zero-order valence-corrected chi connectivity index (χ0v) is 17.1. The van der Waals surface area contributed by atoms with E-state index in [1.54, 1.807) is 15.8 Å². The molecule has 0 saturated carbocycles. The first-order valence-corrected chi connectivity index (χ1v) is 9.85. The van der Waals surface area contributed by atoms with Gasteiger partial charge in [0, 0.05) is 42.3 Å². The summed E-state index contributed by atoms with van der Waals surface area (Å²) in [7, 11) is 1.91. The Bertz CT molecular complexity index is 1150. The van der Waals surface area contributed by atoms with Crippen LogP contribution in [0.3, 0.4) is 0 Å². The molecule has 1 aliphatic rings. The predicted octanol–water partition coefficient (Wildman–Crippen LogP) is 3.34. The number of nitrogens with one attached hydrogen (secondary N) is 1. The fourth-order valence-electron chi connectivity index (χ4n) is 3.98. The van der Waals surface area contributed by atoms with Gasteiger partial charge < -0.3 is 16.1 Å². The van der Waals surface area contributed by atoms with Crippen molar-refractivity contribution in [1.82, 2.24) is 14.8 Å². The van der Waals surface area contributed by atoms with Gasteiger partial charge >= 0.3 is 0 Å². The van der Waals surface area contributed by atoms with Gasteiger partial charge in [-0.1, -0.05) is 18.2 Å². The molecular weight excluding hydrogens is 374 g/mol. The maximum atomic E-state index is 9.24. The Morgan fingerprint density at radius 3 is 2.77 bits per heavy atom. The lowest BCUT2D eigenvalue weighted by molar-refractivity contribution is 0.402. The largest absolute Gasteiger partial charge is 0.401 e. The van der Waals surface area contributed by atoms with Crippen molar-refractivity contribution in [2.24, 2.45) is 18.6 Å². The number of hydrazine groups is 1. The van der Waals surface area contributed by atoms with Gasteiger partial charge in [0.15, 0.2) is 0 Å². The molecule has 1 unspecified atom stereocenters. The Labute approximate surface area is 176 Å². The second kappa shape index (κ2) is 7.93. The Hall–Kier alpha value is -3.76. The summed E-state index contributed by atoms with van der Waals surface area (Å²) in [6.07, 6.45) is 4.64. The van der Waals surface area contributed by atoms with E-state index in [1.165, 1.54) is 0 Å². The SMILES string of the molecule is C/C(N)=C1\c2ccc(-c3cnn(C)c3)cc2C(Nc2cccc(C#N)c2)CCN1N. The third-order valence-electron chi connectivity index (χ3n) is 5.37. The quantitative estimate of drug-likeness (QED) is 0.583. The molecular formula is C23H25N7. The molecule has 1 atom stereocenters. The second-order valence-corrected chi connectivity index (χ2v) is 7.61. The highest BCUT2D eigenvalue weighted by Crippen LogP contribution is 2.37. The van der Waals surface area contributed by atoms with Crippen molar-refractivity contribution in [1.29, 1.82) is 5.26 Å². The van der Waals surface area contributed by atoms with E-state index < -0.39 is 0 Å². The number of nitrogens with zero attached hydrogens (tertiary/aromatic N) is 4. The van der Waals surface area contributed by atoms with Crippen LogP contribution in [0.5, 0.6) is 0 Å². The van der Waals surface area contributed by atoms with E-state index in [0.29, 0.717) is 17.8 Å². The van der Waals surface area contributed by atoms with E-state index in [1.807, 2.05) is 44.6 Å². The van der Waals surface area contributed by atoms with E-state index >= 15 is 0 Å². The average Bonchev–Trinajstić information content (AvgIpc) is 3.12. The summed E-state index contributed by atoms with van der Waals surface area (Å²) in [5.74, 6) is 6.36. The summed E-state index contributed by atoms with van der Waals surface area (Å²) in [6.45, 7) is 2.52. The minimum absolute atomic E-state index is 0.00784. The van der Waals surface area contributed by atoms with Crippen molar-refractivity contribution in [3.63, 3.8) is 0 Å². The predicted molar refractivity (Wildman–Crippen MR) is 118 cm³/mol. The molecule has 4 rings (SSSR count). The van der Waals surface area contributed by atoms with Gasteiger partial charge in [0.25, 0.3) is 0 Å². The van der Waals surface area contributed by atoms with E-state index in [2.05, 4.69) is 34.7 Å². The number of nitrogens with two attached hydrogens (primary N) is 2. The molecule has 7 nitrogen and oxygen atoms in total. The van der Waals surface area contributed by atoms with Crippen LogP contribution in [0.4, 0.5) is 5.69 Å². The first-order chi connectivity index (χ1) is 14.5. The molecule has 1 aromatic heterocycles. The molecule has 0 bridgehead atoms. The highest BCUT2D eigenvalue weighted by atomic mass is 15.4. The van der Waals surface area contributed by atoms with Crippen LogP contribution in [-0.2, 0) is 7.05 Å². The fraction of sp³-hybridized carbons (Fsp3) is 0.217. The third-order valence-corrected chi connectivity index (χ3v) is 5.37. The lowest BCUT2D eigenvalue weighted by Gasteiger charge is -2.22. The number of rotatable bonds is 3. The van der Waals surface area contributed by atoms with Crippen LogP contribution in [-0.4, -0.2) is 21.3 Å². The van der Waals surface area contributed by atoms with Gasteiger partial charge in [0.1, 0.15) is 0 Å². The number of hydrogen-bond acceptors (Lipinski definition) is 6. The van der Waals surface area contributed by atoms with E-state index in [4.69, 9.17) is 11.6 Å². The summed E-state index contributed by atoms with van der Waals surface area (Å²) in [4.78, 5) is 0. The third kappa shape index (κ3) is 3.73. The number of fused-ring (bicyclic) bond motifs is 1. The van der Waals surface area contributed by atoms with Crippen molar-refractivity contribution in [3.05, 3.63) is 77.2 Å². The molecule has 2 heterocycles. The van der Waals surface area contributed by atoms with E-state index in [9.17, 15) is 5.26 Å². The summed E-state index contributed by atoms with van der Waals surface area (Å²) < 4.78 is 1.79. The standard InChI is InChI=1S/C23H25N7/c1-15(25)23-20-7-6-17(18-13-27-29(2)14-18)11-21(20)22(8-9-30(23)26)28-19-5-3-4-16(10-19)12-24/h3-7,10-11,13-14,22,28H,8-9,25-26H2,1-2H3/b23-15-. The first kappa shape index (κ1) is 19.6. The van der Waals surface area contributed by atoms with Crippen LogP contribution in [0.2, 0.25) is 0 Å². The van der Waals surface area contributed by atoms with Crippen molar-refractivity contribution in [2.45, 2.75) is 19.4 Å². The van der Waals surface area contributed by atoms with Crippen LogP contribution < -0.4 is 16.9 Å². The average molecular weight is 400 g/mol. The van der Waals surface area contributed by atoms with Crippen LogP contribution >= 0.6 is 0 Å². The molecule has 5 N–H and O–H groups in total. The smallest absolute Gasteiger partial charge is 0.0992 e. The number of hydrogen-bond donors (Lipinski definition) is 3. The van der Waals surface area contributed by atoms with E-state index in [-0.39, 0.29) is 6.04 Å². The molecule has 1 aliphatic heterocycles. The van der Waals surface area contributed by atoms with Gasteiger partial charge in [-0.05, 0) is 48.7 Å². The molecule has 0 amide bonds. The highest BCUT2D eigenvalue weighted by Gasteiger charge is 2.26. The van der Waals surface area contributed by atoms with Crippen molar-refractivity contribution in [3.8, 4) is 17.2 Å². The van der Waals surface area contributed by atoms with Gasteiger partial charge in [-0.25, -0.2) is 5.84 Å². The molecule has 2 aromatic carbocycles. The van der Waals surface area contributed by atoms with Crippen LogP contribution in [0.25, 0.3) is 16.8 Å². The number of nitriles is 1. The number of anilines is 1. The maximum absolute atomic E-state index is 9.24. The molecule has 0 fully saturated rings. The maximum Gasteiger partial charge on any atom is 0.0992 e. The molecule has 0 aliphatic carbocycles. The van der Waals surface area contributed by atoms with Crippen LogP contribution in [0.15, 0.2) is 60.6 Å². The molecule has 0 radical (unpaired) electrons. The van der Waals surface area contributed by atoms with Crippen molar-refractivity contribution >= 4 is 11.4 Å². The molecule has 152 valence electrons. The van der Waals surface area contributed by atoms with Gasteiger partial charge in [-0.2, -0.15) is 10.4 Å². The zero-order valence-electron chi connectivity index (χ0n) is 17.1. The second-order valence-electron chi connectivity index (χ2n) is 7.61. The summed E-state index contributed by atoms with van der Waals surface area (Å²) in [5, 5.41) is 18.9. The van der Waals surface area contributed by atoms with Gasteiger partial charge in [0.05, 0.1) is 29.6 Å². The topological polar surface area (TPSA) is 109 Å². The molecule has 30 heavy (non-hydrogen) atoms. The zero-order chi connectivity index (χ0) is 21.3. The van der Waals surface area contributed by atoms with Gasteiger partial charge in [0.2, 0.25) is 0 Å². The monoisotopic (exact) mass is 399 g/mol. The first-order valence-electron chi connectivity index (χ1n) is 9.85. The Kier molecular flexibility index (Phi) is 5.17. The Morgan fingerprint density at radius 2 is 2.07 bits per heavy atom. The van der Waals surface area contributed by atoms with E-state index in [0.717, 1.165) is 40.1 Å². The minimum Gasteiger partial charge on any atom is -0.401 e. The summed E-state index contributed by atoms with van der Waals surface area (Å²) >= 11 is 0. The molecule has 3 aromatic rings. The lowest BCUT2D eigenvalue weighted by atomic mass is 9.93. The molecule has 0 saturated heterocycles. The van der Waals surface area contributed by atoms with Crippen molar-refractivity contribution < 1.29 is 0 Å².